The third kappa shape index (κ3) is 2.68. The standard InChI is InChI=1S/C17H21NO3/c1-2-17(16(19)20)8-5-9-18(12-17)11-14-10-13-6-3-4-7-15(13)21-14/h3-4,6-7,10H,2,5,8-9,11-12H2,1H3,(H,19,20). The molecule has 0 radical (unpaired) electrons. The number of hydrogen-bond donors (Lipinski definition) is 1. The molecule has 1 unspecified atom stereocenters. The summed E-state index contributed by atoms with van der Waals surface area (Å²) in [6.07, 6.45) is 2.38. The number of fused-ring (bicyclic) bond motifs is 1. The van der Waals surface area contributed by atoms with Crippen molar-refractivity contribution in [2.75, 3.05) is 13.1 Å². The molecule has 1 aromatic carbocycles. The Morgan fingerprint density at radius 1 is 1.43 bits per heavy atom. The minimum atomic E-state index is -0.667. The Hall–Kier alpha value is -1.81. The van der Waals surface area contributed by atoms with Gasteiger partial charge in [0.05, 0.1) is 12.0 Å². The average molecular weight is 287 g/mol. The molecule has 21 heavy (non-hydrogen) atoms. The van der Waals surface area contributed by atoms with E-state index in [1.165, 1.54) is 0 Å². The van der Waals surface area contributed by atoms with E-state index >= 15 is 0 Å². The number of benzene rings is 1. The molecule has 0 spiro atoms. The number of likely N-dealkylation sites (tertiary alicyclic amines) is 1. The summed E-state index contributed by atoms with van der Waals surface area (Å²) in [5, 5.41) is 10.6. The van der Waals surface area contributed by atoms with Gasteiger partial charge < -0.3 is 9.52 Å². The van der Waals surface area contributed by atoms with E-state index < -0.39 is 11.4 Å². The number of furan rings is 1. The zero-order valence-corrected chi connectivity index (χ0v) is 12.3. The zero-order chi connectivity index (χ0) is 14.9. The van der Waals surface area contributed by atoms with Gasteiger partial charge in [-0.2, -0.15) is 0 Å². The molecule has 1 atom stereocenters. The number of hydrogen-bond acceptors (Lipinski definition) is 3. The SMILES string of the molecule is CCC1(C(=O)O)CCCN(Cc2cc3ccccc3o2)C1. The first-order valence-electron chi connectivity index (χ1n) is 7.56. The summed E-state index contributed by atoms with van der Waals surface area (Å²) in [6.45, 7) is 4.20. The predicted octanol–water partition coefficient (Wildman–Crippen LogP) is 3.51. The smallest absolute Gasteiger partial charge is 0.310 e. The number of para-hydroxylation sites is 1. The van der Waals surface area contributed by atoms with Gasteiger partial charge in [-0.3, -0.25) is 9.69 Å². The van der Waals surface area contributed by atoms with E-state index in [0.717, 1.165) is 36.1 Å². The number of nitrogens with zero attached hydrogens (tertiary/aromatic N) is 1. The second-order valence-electron chi connectivity index (χ2n) is 6.00. The second-order valence-corrected chi connectivity index (χ2v) is 6.00. The Labute approximate surface area is 124 Å². The number of piperidine rings is 1. The summed E-state index contributed by atoms with van der Waals surface area (Å²) in [7, 11) is 0. The highest BCUT2D eigenvalue weighted by Crippen LogP contribution is 2.34. The van der Waals surface area contributed by atoms with Gasteiger partial charge in [0, 0.05) is 11.9 Å². The van der Waals surface area contributed by atoms with Crippen LogP contribution in [0.2, 0.25) is 0 Å². The normalized spacial score (nSPS) is 23.5. The molecule has 0 saturated carbocycles. The number of carbonyl (C=O) groups is 1. The zero-order valence-electron chi connectivity index (χ0n) is 12.3. The summed E-state index contributed by atoms with van der Waals surface area (Å²) in [5.74, 6) is 0.243. The van der Waals surface area contributed by atoms with Crippen LogP contribution in [0.3, 0.4) is 0 Å². The molecule has 2 heterocycles. The van der Waals surface area contributed by atoms with E-state index in [-0.39, 0.29) is 0 Å². The first kappa shape index (κ1) is 14.1. The summed E-state index contributed by atoms with van der Waals surface area (Å²) in [4.78, 5) is 13.8. The van der Waals surface area contributed by atoms with E-state index in [1.54, 1.807) is 0 Å². The number of rotatable bonds is 4. The maximum Gasteiger partial charge on any atom is 0.310 e. The van der Waals surface area contributed by atoms with Gasteiger partial charge in [0.1, 0.15) is 11.3 Å². The van der Waals surface area contributed by atoms with Crippen LogP contribution in [-0.4, -0.2) is 29.1 Å². The second kappa shape index (κ2) is 5.53. The molecule has 1 fully saturated rings. The van der Waals surface area contributed by atoms with E-state index in [0.29, 0.717) is 19.5 Å². The number of carboxylic acids is 1. The topological polar surface area (TPSA) is 53.7 Å². The lowest BCUT2D eigenvalue weighted by Crippen LogP contribution is -2.47. The van der Waals surface area contributed by atoms with Crippen molar-refractivity contribution in [3.63, 3.8) is 0 Å². The van der Waals surface area contributed by atoms with Crippen LogP contribution in [0.25, 0.3) is 11.0 Å². The van der Waals surface area contributed by atoms with Gasteiger partial charge in [0.25, 0.3) is 0 Å². The van der Waals surface area contributed by atoms with Crippen LogP contribution < -0.4 is 0 Å². The van der Waals surface area contributed by atoms with Crippen molar-refractivity contribution in [3.05, 3.63) is 36.1 Å². The highest BCUT2D eigenvalue weighted by atomic mass is 16.4. The third-order valence-corrected chi connectivity index (χ3v) is 4.64. The number of aliphatic carboxylic acids is 1. The van der Waals surface area contributed by atoms with Crippen molar-refractivity contribution in [3.8, 4) is 0 Å². The van der Waals surface area contributed by atoms with Crippen LogP contribution in [-0.2, 0) is 11.3 Å². The van der Waals surface area contributed by atoms with Crippen molar-refractivity contribution in [1.29, 1.82) is 0 Å². The maximum atomic E-state index is 11.6. The number of carboxylic acid groups (broad SMARTS) is 1. The van der Waals surface area contributed by atoms with Gasteiger partial charge in [-0.05, 0) is 37.9 Å². The predicted molar refractivity (Wildman–Crippen MR) is 81.1 cm³/mol. The minimum Gasteiger partial charge on any atom is -0.481 e. The van der Waals surface area contributed by atoms with E-state index in [2.05, 4.69) is 11.0 Å². The lowest BCUT2D eigenvalue weighted by molar-refractivity contribution is -0.153. The fourth-order valence-corrected chi connectivity index (χ4v) is 3.31. The maximum absolute atomic E-state index is 11.6. The molecule has 4 nitrogen and oxygen atoms in total. The molecule has 1 aromatic heterocycles. The van der Waals surface area contributed by atoms with Gasteiger partial charge in [-0.25, -0.2) is 0 Å². The molecule has 112 valence electrons. The molecule has 0 amide bonds. The Morgan fingerprint density at radius 3 is 2.95 bits per heavy atom. The average Bonchev–Trinajstić information content (AvgIpc) is 2.89. The highest BCUT2D eigenvalue weighted by molar-refractivity contribution is 5.77. The van der Waals surface area contributed by atoms with Gasteiger partial charge >= 0.3 is 5.97 Å². The summed E-state index contributed by atoms with van der Waals surface area (Å²) < 4.78 is 5.84. The third-order valence-electron chi connectivity index (χ3n) is 4.64. The largest absolute Gasteiger partial charge is 0.481 e. The van der Waals surface area contributed by atoms with Gasteiger partial charge in [0.15, 0.2) is 0 Å². The Morgan fingerprint density at radius 2 is 2.24 bits per heavy atom. The van der Waals surface area contributed by atoms with Crippen molar-refractivity contribution in [2.45, 2.75) is 32.7 Å². The van der Waals surface area contributed by atoms with E-state index in [4.69, 9.17) is 4.42 Å². The van der Waals surface area contributed by atoms with Crippen LogP contribution in [0.15, 0.2) is 34.7 Å². The fourth-order valence-electron chi connectivity index (χ4n) is 3.31. The first-order valence-corrected chi connectivity index (χ1v) is 7.56. The van der Waals surface area contributed by atoms with Crippen LogP contribution >= 0.6 is 0 Å². The lowest BCUT2D eigenvalue weighted by atomic mass is 9.77. The molecule has 3 rings (SSSR count). The molecule has 2 aromatic rings. The fraction of sp³-hybridized carbons (Fsp3) is 0.471. The molecule has 1 aliphatic heterocycles. The van der Waals surface area contributed by atoms with Crippen molar-refractivity contribution >= 4 is 16.9 Å². The van der Waals surface area contributed by atoms with Gasteiger partial charge in [-0.15, -0.1) is 0 Å². The Kier molecular flexibility index (Phi) is 3.72. The molecule has 0 bridgehead atoms. The van der Waals surface area contributed by atoms with E-state index in [9.17, 15) is 9.90 Å². The lowest BCUT2D eigenvalue weighted by Gasteiger charge is -2.39. The quantitative estimate of drug-likeness (QED) is 0.935. The Balaban J connectivity index is 1.76. The molecule has 1 saturated heterocycles. The molecule has 4 heteroatoms. The molecular weight excluding hydrogens is 266 g/mol. The minimum absolute atomic E-state index is 0.593. The van der Waals surface area contributed by atoms with Crippen molar-refractivity contribution in [2.24, 2.45) is 5.41 Å². The van der Waals surface area contributed by atoms with Crippen LogP contribution in [0.4, 0.5) is 0 Å². The van der Waals surface area contributed by atoms with Crippen LogP contribution in [0, 0.1) is 5.41 Å². The van der Waals surface area contributed by atoms with Crippen molar-refractivity contribution in [1.82, 2.24) is 4.90 Å². The summed E-state index contributed by atoms with van der Waals surface area (Å²) >= 11 is 0. The van der Waals surface area contributed by atoms with Crippen LogP contribution in [0.1, 0.15) is 31.9 Å². The van der Waals surface area contributed by atoms with Crippen LogP contribution in [0.5, 0.6) is 0 Å². The first-order chi connectivity index (χ1) is 10.1. The highest BCUT2D eigenvalue weighted by Gasteiger charge is 2.40. The monoisotopic (exact) mass is 287 g/mol. The van der Waals surface area contributed by atoms with Gasteiger partial charge in [0.2, 0.25) is 0 Å². The van der Waals surface area contributed by atoms with Crippen molar-refractivity contribution < 1.29 is 14.3 Å². The molecular formula is C17H21NO3. The van der Waals surface area contributed by atoms with E-state index in [1.807, 2.05) is 31.2 Å². The van der Waals surface area contributed by atoms with Gasteiger partial charge in [-0.1, -0.05) is 25.1 Å². The molecule has 1 N–H and O–H groups in total. The summed E-state index contributed by atoms with van der Waals surface area (Å²) in [5.41, 5.74) is 0.300. The molecule has 0 aliphatic carbocycles. The molecule has 1 aliphatic rings. The Bertz CT molecular complexity index is 615. The summed E-state index contributed by atoms with van der Waals surface area (Å²) in [6, 6.07) is 10.0.